The molecule has 0 aliphatic carbocycles. The van der Waals surface area contributed by atoms with Crippen LogP contribution >= 0.6 is 11.6 Å². The second-order valence-corrected chi connectivity index (χ2v) is 11.5. The molecule has 0 aliphatic rings. The molecule has 1 aromatic heterocycles. The fraction of sp³-hybridized carbons (Fsp3) is 0.438. The lowest BCUT2D eigenvalue weighted by Crippen LogP contribution is -2.38. The van der Waals surface area contributed by atoms with Gasteiger partial charge in [-0.2, -0.15) is 8.42 Å². The average Bonchev–Trinajstić information content (AvgIpc) is 3.02. The lowest BCUT2D eigenvalue weighted by atomic mass is 9.93. The van der Waals surface area contributed by atoms with Crippen molar-refractivity contribution in [3.63, 3.8) is 0 Å². The van der Waals surface area contributed by atoms with Crippen molar-refractivity contribution in [3.8, 4) is 5.75 Å². The van der Waals surface area contributed by atoms with Crippen molar-refractivity contribution in [1.29, 1.82) is 0 Å². The van der Waals surface area contributed by atoms with Crippen LogP contribution in [0.1, 0.15) is 91.2 Å². The summed E-state index contributed by atoms with van der Waals surface area (Å²) in [5.41, 5.74) is 21.2. The predicted molar refractivity (Wildman–Crippen MR) is 182 cm³/mol. The summed E-state index contributed by atoms with van der Waals surface area (Å²) in [5.74, 6) is -0.0586. The maximum absolute atomic E-state index is 12.3. The number of aliphatic hydroxyl groups excluding tert-OH is 1. The van der Waals surface area contributed by atoms with E-state index in [1.165, 1.54) is 11.1 Å². The maximum atomic E-state index is 12.3. The molecule has 9 N–H and O–H groups in total. The Morgan fingerprint density at radius 2 is 1.61 bits per heavy atom. The lowest BCUT2D eigenvalue weighted by molar-refractivity contribution is 0.0972. The molecule has 0 aliphatic heterocycles. The standard InChI is InChI=1S/C32H44ClN7O3.O2S/c1-3-23-19-24(15-17-25(23)41)26(42)16-10-20(2)7-6-9-22-13-11-21(12-14-22)8-4-5-18-37-32(36)40-31(43)27-29(34)39-30(35)28(33)38-27;1-3-2/h11-15,17,19-20,26,41-42H,3-10,16,18H2,1-2H3,(H4,34,35,39)(H3,36,37,40,43);/t20-,26-;/m0./s1. The Bertz CT molecular complexity index is 1480. The Morgan fingerprint density at radius 1 is 0.978 bits per heavy atom. The monoisotopic (exact) mass is 673 g/mol. The van der Waals surface area contributed by atoms with Crippen LogP contribution in [0.3, 0.4) is 0 Å². The summed E-state index contributed by atoms with van der Waals surface area (Å²) in [5, 5.41) is 22.8. The number of aromatic hydroxyl groups is 1. The van der Waals surface area contributed by atoms with Crippen molar-refractivity contribution < 1.29 is 23.4 Å². The van der Waals surface area contributed by atoms with Crippen molar-refractivity contribution in [3.05, 3.63) is 75.6 Å². The highest BCUT2D eigenvalue weighted by Gasteiger charge is 2.17. The first-order chi connectivity index (χ1) is 22.0. The van der Waals surface area contributed by atoms with Gasteiger partial charge in [0.05, 0.1) is 6.10 Å². The third-order valence-electron chi connectivity index (χ3n) is 7.50. The van der Waals surface area contributed by atoms with Crippen LogP contribution < -0.4 is 22.5 Å². The first-order valence-corrected chi connectivity index (χ1v) is 16.2. The topological polar surface area (TPSA) is 220 Å². The Kier molecular flexibility index (Phi) is 16.7. The zero-order valence-electron chi connectivity index (χ0n) is 26.2. The molecule has 2 atom stereocenters. The minimum absolute atomic E-state index is 0.0306. The molecule has 0 unspecified atom stereocenters. The number of nitrogens with zero attached hydrogens (tertiary/aromatic N) is 3. The van der Waals surface area contributed by atoms with Crippen LogP contribution in [0.2, 0.25) is 5.15 Å². The van der Waals surface area contributed by atoms with E-state index in [9.17, 15) is 15.0 Å². The number of anilines is 2. The Morgan fingerprint density at radius 3 is 2.24 bits per heavy atom. The number of rotatable bonds is 15. The number of unbranched alkanes of at least 4 members (excludes halogenated alkanes) is 1. The van der Waals surface area contributed by atoms with Gasteiger partial charge >= 0.3 is 11.6 Å². The fourth-order valence-corrected chi connectivity index (χ4v) is 4.97. The summed E-state index contributed by atoms with van der Waals surface area (Å²) in [6.07, 6.45) is 7.86. The third-order valence-corrected chi connectivity index (χ3v) is 7.78. The number of aromatic nitrogens is 2. The summed E-state index contributed by atoms with van der Waals surface area (Å²) in [4.78, 5) is 24.1. The van der Waals surface area contributed by atoms with E-state index in [1.54, 1.807) is 6.07 Å². The second-order valence-electron chi connectivity index (χ2n) is 11.0. The number of amides is 1. The Balaban J connectivity index is 0.00000236. The number of carbonyl (C=O) groups is 1. The molecular formula is C32H44ClN7O5S. The van der Waals surface area contributed by atoms with Gasteiger partial charge in [0, 0.05) is 6.54 Å². The van der Waals surface area contributed by atoms with Crippen molar-refractivity contribution in [2.24, 2.45) is 16.6 Å². The van der Waals surface area contributed by atoms with Gasteiger partial charge in [0.2, 0.25) is 0 Å². The fourth-order valence-electron chi connectivity index (χ4n) is 4.84. The molecule has 0 saturated carbocycles. The van der Waals surface area contributed by atoms with Crippen LogP contribution in [0.25, 0.3) is 0 Å². The van der Waals surface area contributed by atoms with Crippen LogP contribution in [-0.4, -0.2) is 47.0 Å². The van der Waals surface area contributed by atoms with E-state index in [4.69, 9.17) is 37.2 Å². The number of carbonyl (C=O) groups excluding carboxylic acids is 1. The van der Waals surface area contributed by atoms with Gasteiger partial charge in [0.15, 0.2) is 28.4 Å². The summed E-state index contributed by atoms with van der Waals surface area (Å²) in [7, 11) is 0. The maximum Gasteiger partial charge on any atom is 0.335 e. The van der Waals surface area contributed by atoms with Gasteiger partial charge in [-0.15, -0.1) is 0 Å². The van der Waals surface area contributed by atoms with Gasteiger partial charge in [-0.25, -0.2) is 9.97 Å². The summed E-state index contributed by atoms with van der Waals surface area (Å²) >= 11 is 5.07. The Labute approximate surface area is 278 Å². The zero-order valence-corrected chi connectivity index (χ0v) is 27.8. The van der Waals surface area contributed by atoms with E-state index in [1.807, 2.05) is 19.1 Å². The molecule has 250 valence electrons. The number of nitrogens with two attached hydrogens (primary N) is 3. The van der Waals surface area contributed by atoms with Crippen LogP contribution in [0, 0.1) is 5.92 Å². The van der Waals surface area contributed by atoms with Crippen LogP contribution in [-0.2, 0) is 30.8 Å². The molecule has 0 spiro atoms. The van der Waals surface area contributed by atoms with Gasteiger partial charge in [0.1, 0.15) is 5.75 Å². The van der Waals surface area contributed by atoms with E-state index < -0.39 is 23.6 Å². The molecule has 46 heavy (non-hydrogen) atoms. The zero-order chi connectivity index (χ0) is 34.1. The molecule has 1 amide bonds. The molecule has 3 rings (SSSR count). The molecule has 0 bridgehead atoms. The first kappa shape index (κ1) is 38.1. The van der Waals surface area contributed by atoms with E-state index in [0.29, 0.717) is 18.2 Å². The minimum atomic E-state index is -0.750. The number of nitrogens with one attached hydrogen (secondary N) is 1. The molecule has 0 saturated heterocycles. The van der Waals surface area contributed by atoms with Crippen molar-refractivity contribution in [2.45, 2.75) is 77.7 Å². The largest absolute Gasteiger partial charge is 0.508 e. The highest BCUT2D eigenvalue weighted by atomic mass is 35.5. The minimum Gasteiger partial charge on any atom is -0.508 e. The summed E-state index contributed by atoms with van der Waals surface area (Å²) < 4.78 is 16.6. The lowest BCUT2D eigenvalue weighted by Gasteiger charge is -2.16. The summed E-state index contributed by atoms with van der Waals surface area (Å²) in [6.45, 7) is 4.71. The van der Waals surface area contributed by atoms with Crippen LogP contribution in [0.15, 0.2) is 47.5 Å². The molecule has 1 heterocycles. The number of hydrogen-bond acceptors (Lipinski definition) is 10. The van der Waals surface area contributed by atoms with Crippen LogP contribution in [0.5, 0.6) is 5.75 Å². The van der Waals surface area contributed by atoms with Gasteiger partial charge < -0.3 is 27.4 Å². The predicted octanol–water partition coefficient (Wildman–Crippen LogP) is 4.43. The molecule has 12 nitrogen and oxygen atoms in total. The van der Waals surface area contributed by atoms with Crippen molar-refractivity contribution in [2.75, 3.05) is 18.0 Å². The highest BCUT2D eigenvalue weighted by molar-refractivity contribution is 7.51. The van der Waals surface area contributed by atoms with Gasteiger partial charge in [-0.05, 0) is 91.7 Å². The number of aliphatic hydroxyl groups is 1. The number of hydrogen-bond donors (Lipinski definition) is 6. The van der Waals surface area contributed by atoms with E-state index in [2.05, 4.69) is 51.5 Å². The van der Waals surface area contributed by atoms with Crippen molar-refractivity contribution >= 4 is 46.7 Å². The molecule has 0 radical (unpaired) electrons. The van der Waals surface area contributed by atoms with Gasteiger partial charge in [-0.1, -0.05) is 62.2 Å². The van der Waals surface area contributed by atoms with E-state index >= 15 is 0 Å². The van der Waals surface area contributed by atoms with E-state index in [-0.39, 0.29) is 28.4 Å². The number of guanidine groups is 1. The number of benzene rings is 2. The highest BCUT2D eigenvalue weighted by Crippen LogP contribution is 2.27. The second kappa shape index (κ2) is 20.1. The molecule has 0 fully saturated rings. The number of phenolic OH excluding ortho intramolecular Hbond substituents is 1. The average molecular weight is 674 g/mol. The van der Waals surface area contributed by atoms with Gasteiger partial charge in [0.25, 0.3) is 5.91 Å². The molecule has 2 aromatic carbocycles. The number of nitrogen functional groups attached to an aromatic ring is 2. The SMILES string of the molecule is CCc1cc([C@@H](O)CC[C@@H](C)CCCc2ccc(CCCCN=C(N)NC(=O)c3nc(Cl)c(N)nc3N)cc2)ccc1O.O=S=O. The molecule has 3 aromatic rings. The number of aryl methyl sites for hydroxylation is 3. The number of aliphatic imine (C=N–C) groups is 1. The van der Waals surface area contributed by atoms with Gasteiger partial charge in [-0.3, -0.25) is 15.1 Å². The quantitative estimate of drug-likeness (QED) is 0.0756. The third kappa shape index (κ3) is 13.1. The number of halogens is 1. The van der Waals surface area contributed by atoms with E-state index in [0.717, 1.165) is 68.9 Å². The van der Waals surface area contributed by atoms with Crippen LogP contribution in [0.4, 0.5) is 11.6 Å². The summed E-state index contributed by atoms with van der Waals surface area (Å²) in [6, 6.07) is 14.2. The smallest absolute Gasteiger partial charge is 0.335 e. The first-order valence-electron chi connectivity index (χ1n) is 15.2. The Hall–Kier alpha value is -4.07. The molecular weight excluding hydrogens is 630 g/mol. The number of phenols is 1. The van der Waals surface area contributed by atoms with Crippen molar-refractivity contribution in [1.82, 2.24) is 15.3 Å². The molecule has 14 heteroatoms. The normalized spacial score (nSPS) is 12.5.